The van der Waals surface area contributed by atoms with Crippen molar-refractivity contribution >= 4 is 19.2 Å². The fourth-order valence-corrected chi connectivity index (χ4v) is 1.97. The van der Waals surface area contributed by atoms with Gasteiger partial charge in [-0.15, -0.1) is 0 Å². The van der Waals surface area contributed by atoms with Crippen LogP contribution >= 0.6 is 0 Å². The van der Waals surface area contributed by atoms with Gasteiger partial charge in [0.15, 0.2) is 0 Å². The summed E-state index contributed by atoms with van der Waals surface area (Å²) in [7, 11) is 0. The van der Waals surface area contributed by atoms with Crippen molar-refractivity contribution in [3.8, 4) is 0 Å². The molecular formula is C8H16GeO2. The molecule has 0 aromatic heterocycles. The third-order valence-corrected chi connectivity index (χ3v) is 7.69. The zero-order chi connectivity index (χ0) is 8.91. The first-order valence-corrected chi connectivity index (χ1v) is 11.0. The summed E-state index contributed by atoms with van der Waals surface area (Å²) >= 11 is -1.71. The molecule has 0 bridgehead atoms. The van der Waals surface area contributed by atoms with Crippen LogP contribution in [0.2, 0.25) is 16.8 Å². The zero-order valence-electron chi connectivity index (χ0n) is 7.52. The summed E-state index contributed by atoms with van der Waals surface area (Å²) in [5, 5.41) is 1.18. The Hall–Kier alpha value is -0.247. The summed E-state index contributed by atoms with van der Waals surface area (Å²) in [4.78, 5) is 10.7. The molecule has 0 fully saturated rings. The monoisotopic (exact) mass is 218 g/mol. The molecule has 0 atom stereocenters. The number of carbonyl (C=O) groups excluding carboxylic acids is 1. The van der Waals surface area contributed by atoms with E-state index in [1.165, 1.54) is 11.3 Å². The quantitative estimate of drug-likeness (QED) is 0.408. The predicted molar refractivity (Wildman–Crippen MR) is 49.1 cm³/mol. The van der Waals surface area contributed by atoms with Gasteiger partial charge in [0.05, 0.1) is 0 Å². The molecule has 0 unspecified atom stereocenters. The predicted octanol–water partition coefficient (Wildman–Crippen LogP) is 1.98. The van der Waals surface area contributed by atoms with E-state index in [0.29, 0.717) is 5.44 Å². The second-order valence-corrected chi connectivity index (χ2v) is 14.5. The summed E-state index contributed by atoms with van der Waals surface area (Å²) in [5.41, 5.74) is 0.654. The van der Waals surface area contributed by atoms with Crippen molar-refractivity contribution in [1.82, 2.24) is 0 Å². The van der Waals surface area contributed by atoms with Gasteiger partial charge < -0.3 is 0 Å². The van der Waals surface area contributed by atoms with Crippen molar-refractivity contribution in [1.29, 1.82) is 0 Å². The summed E-state index contributed by atoms with van der Waals surface area (Å²) in [6, 6.07) is 0. The van der Waals surface area contributed by atoms with Gasteiger partial charge in [0.25, 0.3) is 0 Å². The van der Waals surface area contributed by atoms with Crippen LogP contribution in [0.25, 0.3) is 0 Å². The molecule has 11 heavy (non-hydrogen) atoms. The molecule has 2 nitrogen and oxygen atoms in total. The van der Waals surface area contributed by atoms with Crippen LogP contribution in [0.5, 0.6) is 0 Å². The van der Waals surface area contributed by atoms with Gasteiger partial charge in [-0.3, -0.25) is 0 Å². The Balaban J connectivity index is 3.69. The van der Waals surface area contributed by atoms with Gasteiger partial charge in [-0.2, -0.15) is 0 Å². The van der Waals surface area contributed by atoms with Crippen LogP contribution in [0.1, 0.15) is 6.92 Å². The van der Waals surface area contributed by atoms with E-state index >= 15 is 0 Å². The van der Waals surface area contributed by atoms with Crippen LogP contribution in [0, 0.1) is 0 Å². The number of hydrogen-bond acceptors (Lipinski definition) is 2. The van der Waals surface area contributed by atoms with Crippen molar-refractivity contribution < 1.29 is 9.53 Å². The molecule has 0 aliphatic carbocycles. The number of rotatable bonds is 4. The minimum atomic E-state index is -1.71. The Bertz CT molecular complexity index is 152. The summed E-state index contributed by atoms with van der Waals surface area (Å²) in [5.74, 6) is 4.20. The molecule has 0 aromatic carbocycles. The van der Waals surface area contributed by atoms with Crippen LogP contribution < -0.4 is 0 Å². The van der Waals surface area contributed by atoms with Gasteiger partial charge in [-0.1, -0.05) is 0 Å². The van der Waals surface area contributed by atoms with E-state index < -0.39 is 13.3 Å². The van der Waals surface area contributed by atoms with Gasteiger partial charge >= 0.3 is 70.6 Å². The zero-order valence-corrected chi connectivity index (χ0v) is 9.61. The summed E-state index contributed by atoms with van der Waals surface area (Å²) < 4.78 is 4.97. The molecule has 3 heteroatoms. The van der Waals surface area contributed by atoms with E-state index in [-0.39, 0.29) is 5.97 Å². The summed E-state index contributed by atoms with van der Waals surface area (Å²) in [6.45, 7) is 5.49. The van der Waals surface area contributed by atoms with E-state index in [1.807, 2.05) is 0 Å². The molecule has 0 radical (unpaired) electrons. The molecule has 0 amide bonds. The van der Waals surface area contributed by atoms with Crippen molar-refractivity contribution in [2.75, 3.05) is 5.44 Å². The Morgan fingerprint density at radius 3 is 2.55 bits per heavy atom. The van der Waals surface area contributed by atoms with E-state index in [1.54, 1.807) is 0 Å². The van der Waals surface area contributed by atoms with Gasteiger partial charge in [-0.05, 0) is 0 Å². The van der Waals surface area contributed by atoms with E-state index in [2.05, 4.69) is 25.0 Å². The Morgan fingerprint density at radius 2 is 2.18 bits per heavy atom. The van der Waals surface area contributed by atoms with Crippen molar-refractivity contribution in [2.24, 2.45) is 0 Å². The van der Waals surface area contributed by atoms with Crippen LogP contribution in [-0.4, -0.2) is 24.7 Å². The first-order chi connectivity index (χ1) is 5.02. The third kappa shape index (κ3) is 5.07. The van der Waals surface area contributed by atoms with Crippen molar-refractivity contribution in [2.45, 2.75) is 23.7 Å². The van der Waals surface area contributed by atoms with Crippen LogP contribution in [-0.2, 0) is 9.53 Å². The number of hydrogen-bond donors (Lipinski definition) is 0. The molecular weight excluding hydrogens is 201 g/mol. The maximum atomic E-state index is 10.7. The first kappa shape index (κ1) is 10.8. The molecule has 0 heterocycles. The maximum absolute atomic E-state index is 10.7. The summed E-state index contributed by atoms with van der Waals surface area (Å²) in [6.07, 6.45) is 1.22. The Labute approximate surface area is 71.0 Å². The number of carbonyl (C=O) groups is 1. The molecule has 64 valence electrons. The van der Waals surface area contributed by atoms with Crippen LogP contribution in [0.3, 0.4) is 0 Å². The van der Waals surface area contributed by atoms with Gasteiger partial charge in [0.1, 0.15) is 0 Å². The standard InChI is InChI=1S/C8H16GeO2/c1-5-8(10)11-7-9(3,4)6-2/h5H,1,6-7H2,2-4H3. The molecule has 0 spiro atoms. The van der Waals surface area contributed by atoms with E-state index in [0.717, 1.165) is 0 Å². The second-order valence-electron chi connectivity index (χ2n) is 3.33. The molecule has 0 N–H and O–H groups in total. The molecule has 0 saturated heterocycles. The van der Waals surface area contributed by atoms with Gasteiger partial charge in [-0.25, -0.2) is 0 Å². The Morgan fingerprint density at radius 1 is 1.64 bits per heavy atom. The molecule has 0 saturated carbocycles. The van der Waals surface area contributed by atoms with Crippen molar-refractivity contribution in [3.63, 3.8) is 0 Å². The Kier molecular flexibility index (Phi) is 4.49. The minimum absolute atomic E-state index is 0.294. The fraction of sp³-hybridized carbons (Fsp3) is 0.625. The van der Waals surface area contributed by atoms with Gasteiger partial charge in [0, 0.05) is 0 Å². The fourth-order valence-electron chi connectivity index (χ4n) is 0.427. The van der Waals surface area contributed by atoms with E-state index in [9.17, 15) is 4.79 Å². The van der Waals surface area contributed by atoms with Crippen LogP contribution in [0.4, 0.5) is 0 Å². The number of ether oxygens (including phenoxy) is 1. The third-order valence-electron chi connectivity index (χ3n) is 1.73. The molecule has 0 aliphatic rings. The molecule has 0 aliphatic heterocycles. The molecule has 0 rings (SSSR count). The second kappa shape index (κ2) is 4.59. The average Bonchev–Trinajstić information content (AvgIpc) is 2.00. The van der Waals surface area contributed by atoms with Crippen LogP contribution in [0.15, 0.2) is 12.7 Å². The SMILES string of the molecule is C=CC(=O)O[CH2][Ge]([CH3])([CH3])[CH2]C. The number of esters is 1. The van der Waals surface area contributed by atoms with Crippen molar-refractivity contribution in [3.05, 3.63) is 12.7 Å². The first-order valence-electron chi connectivity index (χ1n) is 3.81. The van der Waals surface area contributed by atoms with Gasteiger partial charge in [0.2, 0.25) is 0 Å². The normalized spacial score (nSPS) is 10.8. The topological polar surface area (TPSA) is 26.3 Å². The average molecular weight is 217 g/mol. The van der Waals surface area contributed by atoms with E-state index in [4.69, 9.17) is 4.74 Å². The molecule has 0 aromatic rings.